The van der Waals surface area contributed by atoms with Gasteiger partial charge in [-0.05, 0) is 24.3 Å². The zero-order valence-electron chi connectivity index (χ0n) is 10.7. The molecule has 0 aliphatic heterocycles. The molecule has 6 heteroatoms. The van der Waals surface area contributed by atoms with Crippen LogP contribution in [0, 0.1) is 0 Å². The average molecular weight is 307 g/mol. The number of fused-ring (bicyclic) bond motifs is 1. The van der Waals surface area contributed by atoms with Crippen LogP contribution in [-0.4, -0.2) is 22.6 Å². The van der Waals surface area contributed by atoms with Crippen molar-refractivity contribution in [3.05, 3.63) is 51.4 Å². The first-order valence-corrected chi connectivity index (χ1v) is 7.14. The molecule has 0 radical (unpaired) electrons. The molecule has 102 valence electrons. The quantitative estimate of drug-likeness (QED) is 0.695. The molecular weight excluding hydrogens is 296 g/mol. The smallest absolute Gasteiger partial charge is 0.348 e. The maximum Gasteiger partial charge on any atom is 0.348 e. The van der Waals surface area contributed by atoms with Crippen molar-refractivity contribution in [2.24, 2.45) is 0 Å². The normalized spacial score (nSPS) is 10.9. The minimum absolute atomic E-state index is 0.302. The van der Waals surface area contributed by atoms with Crippen LogP contribution in [-0.2, 0) is 11.3 Å². The van der Waals surface area contributed by atoms with Crippen molar-refractivity contribution in [3.8, 4) is 0 Å². The van der Waals surface area contributed by atoms with Crippen molar-refractivity contribution < 1.29 is 9.53 Å². The van der Waals surface area contributed by atoms with Gasteiger partial charge < -0.3 is 9.30 Å². The standard InChI is InChI=1S/C14H11ClN2O2S/c1-19-14(18)13-3-2-10(20-13)8-17-5-4-11-12(17)6-9(15)7-16-11/h2-7H,8H2,1H3. The Morgan fingerprint density at radius 1 is 1.45 bits per heavy atom. The van der Waals surface area contributed by atoms with Gasteiger partial charge in [0.25, 0.3) is 0 Å². The summed E-state index contributed by atoms with van der Waals surface area (Å²) < 4.78 is 6.76. The molecule has 20 heavy (non-hydrogen) atoms. The van der Waals surface area contributed by atoms with E-state index in [9.17, 15) is 4.79 Å². The van der Waals surface area contributed by atoms with Crippen LogP contribution >= 0.6 is 22.9 Å². The second kappa shape index (κ2) is 5.26. The van der Waals surface area contributed by atoms with E-state index in [2.05, 4.69) is 9.55 Å². The van der Waals surface area contributed by atoms with Gasteiger partial charge in [-0.2, -0.15) is 0 Å². The van der Waals surface area contributed by atoms with Crippen LogP contribution in [0.4, 0.5) is 0 Å². The van der Waals surface area contributed by atoms with Gasteiger partial charge in [0.05, 0.1) is 29.7 Å². The molecule has 3 aromatic heterocycles. The average Bonchev–Trinajstić information content (AvgIpc) is 3.06. The molecule has 0 aromatic carbocycles. The van der Waals surface area contributed by atoms with Gasteiger partial charge in [-0.3, -0.25) is 4.98 Å². The third-order valence-electron chi connectivity index (χ3n) is 2.96. The van der Waals surface area contributed by atoms with Gasteiger partial charge in [0.2, 0.25) is 0 Å². The van der Waals surface area contributed by atoms with E-state index in [1.165, 1.54) is 18.4 Å². The summed E-state index contributed by atoms with van der Waals surface area (Å²) in [5, 5.41) is 0.610. The first-order chi connectivity index (χ1) is 9.67. The van der Waals surface area contributed by atoms with Crippen LogP contribution < -0.4 is 0 Å². The van der Waals surface area contributed by atoms with E-state index >= 15 is 0 Å². The first kappa shape index (κ1) is 13.1. The fraction of sp³-hybridized carbons (Fsp3) is 0.143. The number of hydrogen-bond acceptors (Lipinski definition) is 4. The lowest BCUT2D eigenvalue weighted by Crippen LogP contribution is -1.97. The monoisotopic (exact) mass is 306 g/mol. The Morgan fingerprint density at radius 3 is 3.10 bits per heavy atom. The lowest BCUT2D eigenvalue weighted by Gasteiger charge is -2.03. The van der Waals surface area contributed by atoms with Crippen LogP contribution in [0.1, 0.15) is 14.5 Å². The maximum atomic E-state index is 11.4. The minimum Gasteiger partial charge on any atom is -0.465 e. The van der Waals surface area contributed by atoms with Gasteiger partial charge >= 0.3 is 5.97 Å². The topological polar surface area (TPSA) is 44.1 Å². The van der Waals surface area contributed by atoms with Crippen molar-refractivity contribution in [2.45, 2.75) is 6.54 Å². The van der Waals surface area contributed by atoms with Gasteiger partial charge in [0, 0.05) is 17.3 Å². The Morgan fingerprint density at radius 2 is 2.30 bits per heavy atom. The highest BCUT2D eigenvalue weighted by Crippen LogP contribution is 2.22. The Hall–Kier alpha value is -1.85. The molecule has 0 unspecified atom stereocenters. The highest BCUT2D eigenvalue weighted by Gasteiger charge is 2.10. The van der Waals surface area contributed by atoms with Crippen LogP contribution in [0.15, 0.2) is 36.7 Å². The molecular formula is C14H11ClN2O2S. The van der Waals surface area contributed by atoms with Gasteiger partial charge in [-0.25, -0.2) is 4.79 Å². The summed E-state index contributed by atoms with van der Waals surface area (Å²) in [6, 6.07) is 7.54. The number of ether oxygens (including phenoxy) is 1. The molecule has 3 rings (SSSR count). The summed E-state index contributed by atoms with van der Waals surface area (Å²) in [5.74, 6) is -0.302. The van der Waals surface area contributed by atoms with Crippen LogP contribution in [0.3, 0.4) is 0 Å². The van der Waals surface area contributed by atoms with Crippen LogP contribution in [0.2, 0.25) is 5.02 Å². The Labute approximate surface area is 124 Å². The number of aromatic nitrogens is 2. The van der Waals surface area contributed by atoms with Gasteiger partial charge in [0.1, 0.15) is 4.88 Å². The zero-order chi connectivity index (χ0) is 14.1. The molecule has 0 aliphatic carbocycles. The summed E-state index contributed by atoms with van der Waals surface area (Å²) in [7, 11) is 1.38. The van der Waals surface area contributed by atoms with Crippen molar-refractivity contribution >= 4 is 39.9 Å². The molecule has 0 N–H and O–H groups in total. The van der Waals surface area contributed by atoms with Gasteiger partial charge in [-0.15, -0.1) is 11.3 Å². The highest BCUT2D eigenvalue weighted by atomic mass is 35.5. The predicted octanol–water partition coefficient (Wildman–Crippen LogP) is 3.59. The number of carbonyl (C=O) groups excluding carboxylic acids is 1. The third-order valence-corrected chi connectivity index (χ3v) is 4.22. The molecule has 0 saturated heterocycles. The van der Waals surface area contributed by atoms with E-state index in [4.69, 9.17) is 16.3 Å². The van der Waals surface area contributed by atoms with E-state index in [1.54, 1.807) is 12.3 Å². The number of pyridine rings is 1. The van der Waals surface area contributed by atoms with Crippen molar-refractivity contribution in [1.82, 2.24) is 9.55 Å². The molecule has 0 spiro atoms. The van der Waals surface area contributed by atoms with E-state index in [0.29, 0.717) is 16.4 Å². The molecule has 4 nitrogen and oxygen atoms in total. The lowest BCUT2D eigenvalue weighted by molar-refractivity contribution is 0.0606. The molecule has 0 atom stereocenters. The SMILES string of the molecule is COC(=O)c1ccc(Cn2ccc3ncc(Cl)cc32)s1. The Kier molecular flexibility index (Phi) is 3.46. The predicted molar refractivity (Wildman–Crippen MR) is 79.5 cm³/mol. The van der Waals surface area contributed by atoms with Crippen molar-refractivity contribution in [2.75, 3.05) is 7.11 Å². The van der Waals surface area contributed by atoms with Crippen molar-refractivity contribution in [1.29, 1.82) is 0 Å². The fourth-order valence-corrected chi connectivity index (χ4v) is 3.09. The summed E-state index contributed by atoms with van der Waals surface area (Å²) in [5.41, 5.74) is 1.88. The molecule has 0 fully saturated rings. The second-order valence-electron chi connectivity index (χ2n) is 4.26. The number of halogens is 1. The number of methoxy groups -OCH3 is 1. The molecule has 3 aromatic rings. The molecule has 0 saturated carbocycles. The van der Waals surface area contributed by atoms with Gasteiger partial charge in [0.15, 0.2) is 0 Å². The van der Waals surface area contributed by atoms with Crippen LogP contribution in [0.25, 0.3) is 11.0 Å². The summed E-state index contributed by atoms with van der Waals surface area (Å²) in [6.45, 7) is 0.674. The lowest BCUT2D eigenvalue weighted by atomic mass is 10.4. The highest BCUT2D eigenvalue weighted by molar-refractivity contribution is 7.13. The van der Waals surface area contributed by atoms with E-state index in [1.807, 2.05) is 24.4 Å². The summed E-state index contributed by atoms with van der Waals surface area (Å²) in [6.07, 6.45) is 3.60. The minimum atomic E-state index is -0.302. The van der Waals surface area contributed by atoms with E-state index in [0.717, 1.165) is 15.9 Å². The summed E-state index contributed by atoms with van der Waals surface area (Å²) in [4.78, 5) is 17.4. The molecule has 0 bridgehead atoms. The molecule has 0 amide bonds. The summed E-state index contributed by atoms with van der Waals surface area (Å²) >= 11 is 7.41. The van der Waals surface area contributed by atoms with Gasteiger partial charge in [-0.1, -0.05) is 11.6 Å². The zero-order valence-corrected chi connectivity index (χ0v) is 12.2. The third kappa shape index (κ3) is 2.42. The number of rotatable bonds is 3. The number of hydrogen-bond donors (Lipinski definition) is 0. The first-order valence-electron chi connectivity index (χ1n) is 5.95. The Bertz CT molecular complexity index is 778. The largest absolute Gasteiger partial charge is 0.465 e. The fourth-order valence-electron chi connectivity index (χ4n) is 2.02. The maximum absolute atomic E-state index is 11.4. The number of thiophene rings is 1. The number of esters is 1. The van der Waals surface area contributed by atoms with E-state index < -0.39 is 0 Å². The second-order valence-corrected chi connectivity index (χ2v) is 5.86. The van der Waals surface area contributed by atoms with E-state index in [-0.39, 0.29) is 5.97 Å². The molecule has 3 heterocycles. The number of carbonyl (C=O) groups is 1. The Balaban J connectivity index is 1.91. The molecule has 0 aliphatic rings. The number of nitrogens with zero attached hydrogens (tertiary/aromatic N) is 2. The van der Waals surface area contributed by atoms with Crippen LogP contribution in [0.5, 0.6) is 0 Å². The van der Waals surface area contributed by atoms with Crippen molar-refractivity contribution in [3.63, 3.8) is 0 Å².